The molecule has 0 saturated carbocycles. The highest BCUT2D eigenvalue weighted by atomic mass is 28.3. The number of nitrogens with zero attached hydrogens (tertiary/aromatic N) is 1. The van der Waals surface area contributed by atoms with Gasteiger partial charge in [0.2, 0.25) is 0 Å². The van der Waals surface area contributed by atoms with Crippen LogP contribution < -0.4 is 10.1 Å². The van der Waals surface area contributed by atoms with E-state index in [2.05, 4.69) is 25.0 Å². The van der Waals surface area contributed by atoms with Gasteiger partial charge >= 0.3 is 6.09 Å². The number of nitro benzene ring substituents is 1. The van der Waals surface area contributed by atoms with E-state index >= 15 is 0 Å². The molecule has 0 unspecified atom stereocenters. The molecule has 0 spiro atoms. The first-order valence-electron chi connectivity index (χ1n) is 8.12. The molecule has 0 aromatic heterocycles. The molecule has 0 radical (unpaired) electrons. The molecule has 1 atom stereocenters. The van der Waals surface area contributed by atoms with E-state index in [4.69, 9.17) is 9.47 Å². The van der Waals surface area contributed by atoms with Crippen LogP contribution in [0.2, 0.25) is 25.7 Å². The van der Waals surface area contributed by atoms with Gasteiger partial charge < -0.3 is 19.9 Å². The fourth-order valence-corrected chi connectivity index (χ4v) is 2.56. The molecule has 1 amide bonds. The highest BCUT2D eigenvalue weighted by Crippen LogP contribution is 2.17. The number of aliphatic hydroxyl groups excluding tert-OH is 1. The molecule has 0 bridgehead atoms. The van der Waals surface area contributed by atoms with Crippen molar-refractivity contribution < 1.29 is 24.3 Å². The largest absolute Gasteiger partial charge is 0.494 e. The van der Waals surface area contributed by atoms with Gasteiger partial charge in [0, 0.05) is 26.6 Å². The van der Waals surface area contributed by atoms with Crippen LogP contribution in [0, 0.1) is 10.1 Å². The lowest BCUT2D eigenvalue weighted by molar-refractivity contribution is -0.384. The van der Waals surface area contributed by atoms with Crippen LogP contribution in [0.1, 0.15) is 6.42 Å². The van der Waals surface area contributed by atoms with Crippen molar-refractivity contribution in [2.45, 2.75) is 38.1 Å². The van der Waals surface area contributed by atoms with Crippen LogP contribution in [0.5, 0.6) is 5.75 Å². The zero-order valence-electron chi connectivity index (χ0n) is 14.9. The van der Waals surface area contributed by atoms with Gasteiger partial charge in [0.25, 0.3) is 5.69 Å². The Morgan fingerprint density at radius 3 is 2.44 bits per heavy atom. The molecule has 0 heterocycles. The quantitative estimate of drug-likeness (QED) is 0.372. The standard InChI is InChI=1S/C16H26N2O6Si/c1-25(2,3)11-10-24-16(20)17-13(12-19)8-9-23-15-6-4-14(5-7-15)18(21)22/h4-7,13,19H,8-12H2,1-3H3,(H,17,20)/t13-/m0/s1. The van der Waals surface area contributed by atoms with E-state index in [-0.39, 0.29) is 18.9 Å². The minimum Gasteiger partial charge on any atom is -0.494 e. The number of rotatable bonds is 10. The maximum Gasteiger partial charge on any atom is 0.407 e. The van der Waals surface area contributed by atoms with Gasteiger partial charge in [-0.1, -0.05) is 19.6 Å². The number of alkyl carbamates (subject to hydrolysis) is 1. The van der Waals surface area contributed by atoms with Gasteiger partial charge in [-0.15, -0.1) is 0 Å². The average Bonchev–Trinajstić information content (AvgIpc) is 2.53. The summed E-state index contributed by atoms with van der Waals surface area (Å²) in [6.07, 6.45) is -0.163. The average molecular weight is 370 g/mol. The van der Waals surface area contributed by atoms with Crippen LogP contribution in [0.15, 0.2) is 24.3 Å². The molecular weight excluding hydrogens is 344 g/mol. The van der Waals surface area contributed by atoms with E-state index in [0.717, 1.165) is 6.04 Å². The van der Waals surface area contributed by atoms with Crippen LogP contribution in [-0.4, -0.2) is 50.1 Å². The fraction of sp³-hybridized carbons (Fsp3) is 0.562. The summed E-state index contributed by atoms with van der Waals surface area (Å²) in [7, 11) is -1.26. The van der Waals surface area contributed by atoms with Crippen LogP contribution in [0.4, 0.5) is 10.5 Å². The number of hydrogen-bond acceptors (Lipinski definition) is 6. The van der Waals surface area contributed by atoms with Crippen molar-refractivity contribution in [3.63, 3.8) is 0 Å². The van der Waals surface area contributed by atoms with Crippen molar-refractivity contribution >= 4 is 19.9 Å². The number of carbonyl (C=O) groups excluding carboxylic acids is 1. The molecule has 2 N–H and O–H groups in total. The molecule has 8 nitrogen and oxygen atoms in total. The Bertz CT molecular complexity index is 559. The number of non-ortho nitro benzene ring substituents is 1. The molecule has 1 aromatic carbocycles. The minimum absolute atomic E-state index is 0.0108. The predicted octanol–water partition coefficient (Wildman–Crippen LogP) is 2.79. The van der Waals surface area contributed by atoms with E-state index < -0.39 is 25.1 Å². The third kappa shape index (κ3) is 9.06. The normalized spacial score (nSPS) is 12.3. The van der Waals surface area contributed by atoms with Gasteiger partial charge in [0.1, 0.15) is 5.75 Å². The Kier molecular flexibility index (Phi) is 8.36. The summed E-state index contributed by atoms with van der Waals surface area (Å²) < 4.78 is 10.6. The first-order chi connectivity index (χ1) is 11.7. The van der Waals surface area contributed by atoms with Crippen molar-refractivity contribution in [2.24, 2.45) is 0 Å². The van der Waals surface area contributed by atoms with Gasteiger partial charge in [-0.2, -0.15) is 0 Å². The Hall–Kier alpha value is -2.13. The molecule has 140 valence electrons. The molecule has 9 heteroatoms. The predicted molar refractivity (Wildman–Crippen MR) is 96.7 cm³/mol. The number of ether oxygens (including phenoxy) is 2. The van der Waals surface area contributed by atoms with E-state index in [1.54, 1.807) is 0 Å². The lowest BCUT2D eigenvalue weighted by Gasteiger charge is -2.18. The first-order valence-corrected chi connectivity index (χ1v) is 11.8. The molecule has 1 aromatic rings. The first kappa shape index (κ1) is 20.9. The summed E-state index contributed by atoms with van der Waals surface area (Å²) in [6, 6.07) is 6.12. The van der Waals surface area contributed by atoms with Gasteiger partial charge in [-0.25, -0.2) is 4.79 Å². The second-order valence-corrected chi connectivity index (χ2v) is 12.5. The molecule has 0 aliphatic carbocycles. The second kappa shape index (κ2) is 9.99. The van der Waals surface area contributed by atoms with E-state index in [9.17, 15) is 20.0 Å². The Balaban J connectivity index is 2.31. The smallest absolute Gasteiger partial charge is 0.407 e. The molecule has 0 fully saturated rings. The summed E-state index contributed by atoms with van der Waals surface area (Å²) in [5.74, 6) is 0.486. The maximum atomic E-state index is 11.7. The lowest BCUT2D eigenvalue weighted by Crippen LogP contribution is -2.39. The molecular formula is C16H26N2O6Si. The van der Waals surface area contributed by atoms with Gasteiger partial charge in [0.05, 0.1) is 30.8 Å². The van der Waals surface area contributed by atoms with E-state index in [0.29, 0.717) is 18.8 Å². The number of amides is 1. The van der Waals surface area contributed by atoms with Gasteiger partial charge in [-0.3, -0.25) is 10.1 Å². The van der Waals surface area contributed by atoms with Crippen molar-refractivity contribution in [1.29, 1.82) is 0 Å². The maximum absolute atomic E-state index is 11.7. The SMILES string of the molecule is C[Si](C)(C)CCOC(=O)N[C@H](CO)CCOc1ccc([N+](=O)[O-])cc1. The fourth-order valence-electron chi connectivity index (χ4n) is 1.85. The number of carbonyl (C=O) groups is 1. The molecule has 0 aliphatic rings. The van der Waals surface area contributed by atoms with Crippen LogP contribution in [0.25, 0.3) is 0 Å². The van der Waals surface area contributed by atoms with E-state index in [1.807, 2.05) is 0 Å². The number of nitro groups is 1. The highest BCUT2D eigenvalue weighted by Gasteiger charge is 2.16. The molecule has 0 aliphatic heterocycles. The van der Waals surface area contributed by atoms with E-state index in [1.165, 1.54) is 24.3 Å². The number of hydrogen-bond donors (Lipinski definition) is 2. The van der Waals surface area contributed by atoms with Crippen molar-refractivity contribution in [2.75, 3.05) is 19.8 Å². The monoisotopic (exact) mass is 370 g/mol. The second-order valence-electron chi connectivity index (χ2n) is 6.86. The number of aliphatic hydroxyl groups is 1. The zero-order valence-corrected chi connectivity index (χ0v) is 15.9. The lowest BCUT2D eigenvalue weighted by atomic mass is 10.2. The molecule has 25 heavy (non-hydrogen) atoms. The Morgan fingerprint density at radius 1 is 1.28 bits per heavy atom. The number of nitrogens with one attached hydrogen (secondary N) is 1. The summed E-state index contributed by atoms with van der Waals surface area (Å²) >= 11 is 0. The van der Waals surface area contributed by atoms with Gasteiger partial charge in [-0.05, 0) is 18.2 Å². The van der Waals surface area contributed by atoms with Gasteiger partial charge in [0.15, 0.2) is 0 Å². The molecule has 1 rings (SSSR count). The minimum atomic E-state index is -1.26. The zero-order chi connectivity index (χ0) is 18.9. The van der Waals surface area contributed by atoms with Crippen molar-refractivity contribution in [1.82, 2.24) is 5.32 Å². The molecule has 0 saturated heterocycles. The van der Waals surface area contributed by atoms with Crippen LogP contribution >= 0.6 is 0 Å². The Morgan fingerprint density at radius 2 is 1.92 bits per heavy atom. The topological polar surface area (TPSA) is 111 Å². The van der Waals surface area contributed by atoms with Crippen LogP contribution in [0.3, 0.4) is 0 Å². The summed E-state index contributed by atoms with van der Waals surface area (Å²) in [5, 5.41) is 22.5. The van der Waals surface area contributed by atoms with Crippen molar-refractivity contribution in [3.05, 3.63) is 34.4 Å². The van der Waals surface area contributed by atoms with Crippen molar-refractivity contribution in [3.8, 4) is 5.75 Å². The summed E-state index contributed by atoms with van der Waals surface area (Å²) in [5.41, 5.74) is -0.0108. The highest BCUT2D eigenvalue weighted by molar-refractivity contribution is 6.76. The summed E-state index contributed by atoms with van der Waals surface area (Å²) in [4.78, 5) is 21.8. The Labute approximate surface area is 148 Å². The van der Waals surface area contributed by atoms with Crippen LogP contribution in [-0.2, 0) is 4.74 Å². The number of benzene rings is 1. The third-order valence-electron chi connectivity index (χ3n) is 3.41. The third-order valence-corrected chi connectivity index (χ3v) is 5.11. The summed E-state index contributed by atoms with van der Waals surface area (Å²) in [6.45, 7) is 6.98.